The van der Waals surface area contributed by atoms with Crippen LogP contribution in [0.25, 0.3) is 0 Å². The van der Waals surface area contributed by atoms with E-state index in [4.69, 9.17) is 4.74 Å². The van der Waals surface area contributed by atoms with E-state index in [2.05, 4.69) is 15.6 Å². The molecule has 3 saturated carbocycles. The lowest BCUT2D eigenvalue weighted by atomic mass is 9.75. The highest BCUT2D eigenvalue weighted by Crippen LogP contribution is 2.57. The molecule has 6 nitrogen and oxygen atoms in total. The molecule has 3 aliphatic carbocycles. The quantitative estimate of drug-likeness (QED) is 0.868. The lowest BCUT2D eigenvalue weighted by Gasteiger charge is -2.38. The highest BCUT2D eigenvalue weighted by Gasteiger charge is 2.60. The average molecular weight is 357 g/mol. The third-order valence-electron chi connectivity index (χ3n) is 6.51. The monoisotopic (exact) mass is 357 g/mol. The van der Waals surface area contributed by atoms with Crippen molar-refractivity contribution in [1.82, 2.24) is 15.6 Å². The molecule has 140 valence electrons. The number of carbonyl (C=O) groups is 2. The van der Waals surface area contributed by atoms with Crippen molar-refractivity contribution in [1.29, 1.82) is 0 Å². The van der Waals surface area contributed by atoms with Crippen LogP contribution in [0.2, 0.25) is 0 Å². The van der Waals surface area contributed by atoms with Gasteiger partial charge in [-0.3, -0.25) is 9.78 Å². The summed E-state index contributed by atoms with van der Waals surface area (Å²) in [6, 6.07) is 5.39. The first kappa shape index (κ1) is 17.3. The minimum atomic E-state index is -0.334. The Morgan fingerprint density at radius 3 is 2.96 bits per heavy atom. The number of nitrogens with one attached hydrogen (secondary N) is 2. The fraction of sp³-hybridized carbons (Fsp3) is 0.650. The molecule has 0 saturated heterocycles. The number of fused-ring (bicyclic) bond motifs is 2. The van der Waals surface area contributed by atoms with Gasteiger partial charge in [-0.2, -0.15) is 0 Å². The Balaban J connectivity index is 1.58. The zero-order valence-electron chi connectivity index (χ0n) is 15.3. The first-order valence-electron chi connectivity index (χ1n) is 9.73. The van der Waals surface area contributed by atoms with Crippen molar-refractivity contribution in [3.63, 3.8) is 0 Å². The molecule has 4 unspecified atom stereocenters. The van der Waals surface area contributed by atoms with Gasteiger partial charge < -0.3 is 15.4 Å². The van der Waals surface area contributed by atoms with Crippen LogP contribution in [0.3, 0.4) is 0 Å². The van der Waals surface area contributed by atoms with Gasteiger partial charge in [0.1, 0.15) is 5.69 Å². The van der Waals surface area contributed by atoms with E-state index in [0.29, 0.717) is 24.1 Å². The van der Waals surface area contributed by atoms with Gasteiger partial charge in [0.05, 0.1) is 6.61 Å². The van der Waals surface area contributed by atoms with Crippen LogP contribution in [0.5, 0.6) is 0 Å². The zero-order valence-corrected chi connectivity index (χ0v) is 15.3. The van der Waals surface area contributed by atoms with E-state index >= 15 is 0 Å². The van der Waals surface area contributed by atoms with Gasteiger partial charge in [-0.15, -0.1) is 0 Å². The summed E-state index contributed by atoms with van der Waals surface area (Å²) < 4.78 is 5.15. The minimum absolute atomic E-state index is 0.108. The first-order valence-corrected chi connectivity index (χ1v) is 9.73. The standard InChI is InChI=1S/C20H27N3O3/c1-2-26-18(25)23-19-11-14-6-5-8-20(13-19,15(10-14)12-19)22-17(24)16-7-3-4-9-21-16/h3-4,7,9,14-15H,2,5-6,8,10-13H2,1H3,(H,22,24)(H,23,25). The number of pyridine rings is 1. The number of alkyl carbamates (subject to hydrolysis) is 1. The number of aromatic nitrogens is 1. The zero-order chi connectivity index (χ0) is 18.2. The summed E-state index contributed by atoms with van der Waals surface area (Å²) in [6.45, 7) is 2.19. The van der Waals surface area contributed by atoms with Gasteiger partial charge in [0.25, 0.3) is 5.91 Å². The van der Waals surface area contributed by atoms with Gasteiger partial charge in [-0.05, 0) is 63.0 Å². The number of nitrogens with zero attached hydrogens (tertiary/aromatic N) is 1. The number of hydrogen-bond donors (Lipinski definition) is 2. The molecule has 1 heterocycles. The average Bonchev–Trinajstić information content (AvgIpc) is 2.73. The predicted octanol–water partition coefficient (Wildman–Crippen LogP) is 3.04. The molecule has 3 fully saturated rings. The molecule has 3 bridgehead atoms. The van der Waals surface area contributed by atoms with Crippen LogP contribution >= 0.6 is 0 Å². The Morgan fingerprint density at radius 1 is 1.31 bits per heavy atom. The summed E-state index contributed by atoms with van der Waals surface area (Å²) in [7, 11) is 0. The van der Waals surface area contributed by atoms with Crippen LogP contribution in [0.4, 0.5) is 4.79 Å². The normalized spacial score (nSPS) is 34.8. The summed E-state index contributed by atoms with van der Waals surface area (Å²) in [5.41, 5.74) is -0.0479. The Hall–Kier alpha value is -2.11. The molecule has 2 N–H and O–H groups in total. The van der Waals surface area contributed by atoms with Crippen LogP contribution in [-0.2, 0) is 4.74 Å². The van der Waals surface area contributed by atoms with Gasteiger partial charge in [0.15, 0.2) is 0 Å². The van der Waals surface area contributed by atoms with Gasteiger partial charge >= 0.3 is 6.09 Å². The Labute approximate surface area is 154 Å². The van der Waals surface area contributed by atoms with Crippen molar-refractivity contribution in [3.05, 3.63) is 30.1 Å². The van der Waals surface area contributed by atoms with E-state index in [-0.39, 0.29) is 23.1 Å². The van der Waals surface area contributed by atoms with Gasteiger partial charge in [-0.25, -0.2) is 4.79 Å². The smallest absolute Gasteiger partial charge is 0.407 e. The summed E-state index contributed by atoms with van der Waals surface area (Å²) >= 11 is 0. The fourth-order valence-electron chi connectivity index (χ4n) is 5.73. The molecule has 26 heavy (non-hydrogen) atoms. The first-order chi connectivity index (χ1) is 12.5. The van der Waals surface area contributed by atoms with E-state index in [1.807, 2.05) is 19.1 Å². The van der Waals surface area contributed by atoms with E-state index in [0.717, 1.165) is 38.5 Å². The SMILES string of the molecule is CCOC(=O)NC12CC3CCCC(NC(=O)c4ccccn4)(C1)C(C3)C2. The lowest BCUT2D eigenvalue weighted by Crippen LogP contribution is -2.53. The molecule has 3 aliphatic rings. The summed E-state index contributed by atoms with van der Waals surface area (Å²) in [4.78, 5) is 29.2. The van der Waals surface area contributed by atoms with E-state index in [9.17, 15) is 9.59 Å². The predicted molar refractivity (Wildman–Crippen MR) is 96.6 cm³/mol. The molecule has 0 spiro atoms. The minimum Gasteiger partial charge on any atom is -0.450 e. The van der Waals surface area contributed by atoms with Crippen LogP contribution in [-0.4, -0.2) is 34.7 Å². The Kier molecular flexibility index (Phi) is 4.37. The van der Waals surface area contributed by atoms with Crippen molar-refractivity contribution in [2.24, 2.45) is 11.8 Å². The maximum Gasteiger partial charge on any atom is 0.407 e. The highest BCUT2D eigenvalue weighted by atomic mass is 16.5. The number of rotatable bonds is 4. The van der Waals surface area contributed by atoms with E-state index < -0.39 is 0 Å². The maximum absolute atomic E-state index is 12.8. The molecule has 4 atom stereocenters. The maximum atomic E-state index is 12.8. The molecule has 4 rings (SSSR count). The van der Waals surface area contributed by atoms with Crippen molar-refractivity contribution < 1.29 is 14.3 Å². The van der Waals surface area contributed by atoms with Gasteiger partial charge in [0, 0.05) is 17.3 Å². The fourth-order valence-corrected chi connectivity index (χ4v) is 5.73. The van der Waals surface area contributed by atoms with Gasteiger partial charge in [0.2, 0.25) is 0 Å². The van der Waals surface area contributed by atoms with E-state index in [1.165, 1.54) is 6.42 Å². The van der Waals surface area contributed by atoms with Gasteiger partial charge in [-0.1, -0.05) is 18.9 Å². The number of ether oxygens (including phenoxy) is 1. The highest BCUT2D eigenvalue weighted by molar-refractivity contribution is 5.92. The van der Waals surface area contributed by atoms with Crippen LogP contribution in [0, 0.1) is 11.8 Å². The number of hydrogen-bond acceptors (Lipinski definition) is 4. The second kappa shape index (κ2) is 6.56. The molecule has 2 amide bonds. The van der Waals surface area contributed by atoms with E-state index in [1.54, 1.807) is 12.3 Å². The molecule has 6 heteroatoms. The number of carbonyl (C=O) groups excluding carboxylic acids is 2. The third kappa shape index (κ3) is 3.06. The third-order valence-corrected chi connectivity index (χ3v) is 6.51. The molecule has 0 aliphatic heterocycles. The molecule has 0 aromatic carbocycles. The molecule has 0 radical (unpaired) electrons. The Morgan fingerprint density at radius 2 is 2.19 bits per heavy atom. The molecule has 1 aromatic heterocycles. The molecular weight excluding hydrogens is 330 g/mol. The van der Waals surface area contributed by atoms with Crippen LogP contribution < -0.4 is 10.6 Å². The molecule has 1 aromatic rings. The second-order valence-electron chi connectivity index (χ2n) is 8.23. The lowest BCUT2D eigenvalue weighted by molar-refractivity contribution is 0.0856. The van der Waals surface area contributed by atoms with Crippen LogP contribution in [0.1, 0.15) is 62.4 Å². The summed E-state index contributed by atoms with van der Waals surface area (Å²) in [5.74, 6) is 0.910. The summed E-state index contributed by atoms with van der Waals surface area (Å²) in [5, 5.41) is 6.51. The molecular formula is C20H27N3O3. The van der Waals surface area contributed by atoms with Crippen molar-refractivity contribution >= 4 is 12.0 Å². The summed E-state index contributed by atoms with van der Waals surface area (Å²) in [6.07, 6.45) is 8.41. The topological polar surface area (TPSA) is 80.3 Å². The Bertz CT molecular complexity index is 695. The number of amides is 2. The van der Waals surface area contributed by atoms with Crippen molar-refractivity contribution in [3.8, 4) is 0 Å². The largest absolute Gasteiger partial charge is 0.450 e. The van der Waals surface area contributed by atoms with Crippen LogP contribution in [0.15, 0.2) is 24.4 Å². The van der Waals surface area contributed by atoms with Crippen molar-refractivity contribution in [2.45, 2.75) is 62.9 Å². The van der Waals surface area contributed by atoms with Crippen molar-refractivity contribution in [2.75, 3.05) is 6.61 Å². The second-order valence-corrected chi connectivity index (χ2v) is 8.23.